The SMILES string of the molecule is NC(=O)CN(CCc1ccc(S(N)(=O)=O)cc1)C(=O)CN(C(=O)CNC1CC1)C1CC1. The molecule has 11 heteroatoms. The second kappa shape index (κ2) is 9.75. The molecular formula is C20H29N5O5S. The van der Waals surface area contributed by atoms with Crippen LogP contribution in [-0.2, 0) is 30.8 Å². The first-order valence-corrected chi connectivity index (χ1v) is 11.9. The third-order valence-electron chi connectivity index (χ3n) is 5.35. The first-order chi connectivity index (χ1) is 14.6. The van der Waals surface area contributed by atoms with E-state index in [1.54, 1.807) is 17.0 Å². The Morgan fingerprint density at radius 2 is 1.65 bits per heavy atom. The van der Waals surface area contributed by atoms with Gasteiger partial charge in [-0.3, -0.25) is 14.4 Å². The number of benzene rings is 1. The standard InChI is InChI=1S/C20H29N5O5S/c21-18(26)12-24(10-9-14-1-7-17(8-2-14)31(22,29)30)20(28)13-25(16-5-6-16)19(27)11-23-15-3-4-15/h1-2,7-8,15-16,23H,3-6,9-13H2,(H2,21,26)(H2,22,29,30). The number of carbonyl (C=O) groups excluding carboxylic acids is 3. The zero-order chi connectivity index (χ0) is 22.6. The van der Waals surface area contributed by atoms with Crippen LogP contribution in [0, 0.1) is 0 Å². The number of hydrogen-bond donors (Lipinski definition) is 3. The Balaban J connectivity index is 1.59. The van der Waals surface area contributed by atoms with Crippen molar-refractivity contribution in [1.29, 1.82) is 0 Å². The molecule has 31 heavy (non-hydrogen) atoms. The molecule has 0 unspecified atom stereocenters. The van der Waals surface area contributed by atoms with Crippen LogP contribution in [0.1, 0.15) is 31.2 Å². The number of amides is 3. The Bertz CT molecular complexity index is 926. The lowest BCUT2D eigenvalue weighted by molar-refractivity contribution is -0.141. The predicted molar refractivity (Wildman–Crippen MR) is 113 cm³/mol. The third kappa shape index (κ3) is 7.30. The molecular weight excluding hydrogens is 422 g/mol. The summed E-state index contributed by atoms with van der Waals surface area (Å²) in [5.74, 6) is -1.09. The Labute approximate surface area is 182 Å². The number of hydrogen-bond acceptors (Lipinski definition) is 6. The van der Waals surface area contributed by atoms with Gasteiger partial charge < -0.3 is 20.9 Å². The molecule has 0 bridgehead atoms. The highest BCUT2D eigenvalue weighted by molar-refractivity contribution is 7.89. The summed E-state index contributed by atoms with van der Waals surface area (Å²) < 4.78 is 22.7. The zero-order valence-electron chi connectivity index (χ0n) is 17.3. The second-order valence-corrected chi connectivity index (χ2v) is 9.69. The number of nitrogens with one attached hydrogen (secondary N) is 1. The number of carbonyl (C=O) groups is 3. The molecule has 0 radical (unpaired) electrons. The first-order valence-electron chi connectivity index (χ1n) is 10.3. The van der Waals surface area contributed by atoms with Gasteiger partial charge in [-0.25, -0.2) is 13.6 Å². The van der Waals surface area contributed by atoms with E-state index in [0.717, 1.165) is 31.2 Å². The third-order valence-corrected chi connectivity index (χ3v) is 6.28. The van der Waals surface area contributed by atoms with Gasteiger partial charge in [0.25, 0.3) is 0 Å². The fourth-order valence-electron chi connectivity index (χ4n) is 3.26. The summed E-state index contributed by atoms with van der Waals surface area (Å²) in [5.41, 5.74) is 6.09. The molecule has 0 aliphatic heterocycles. The zero-order valence-corrected chi connectivity index (χ0v) is 18.1. The van der Waals surface area contributed by atoms with Crippen LogP contribution < -0.4 is 16.2 Å². The van der Waals surface area contributed by atoms with E-state index in [4.69, 9.17) is 10.9 Å². The fourth-order valence-corrected chi connectivity index (χ4v) is 3.78. The maximum Gasteiger partial charge on any atom is 0.242 e. The number of primary sulfonamides is 1. The molecule has 10 nitrogen and oxygen atoms in total. The largest absolute Gasteiger partial charge is 0.368 e. The van der Waals surface area contributed by atoms with Crippen molar-refractivity contribution in [3.63, 3.8) is 0 Å². The van der Waals surface area contributed by atoms with E-state index in [1.165, 1.54) is 17.0 Å². The smallest absolute Gasteiger partial charge is 0.242 e. The molecule has 0 spiro atoms. The summed E-state index contributed by atoms with van der Waals surface area (Å²) in [6.07, 6.45) is 4.27. The molecule has 2 fully saturated rings. The van der Waals surface area contributed by atoms with Crippen LogP contribution in [0.2, 0.25) is 0 Å². The van der Waals surface area contributed by atoms with Crippen molar-refractivity contribution in [2.45, 2.75) is 49.1 Å². The van der Waals surface area contributed by atoms with Crippen LogP contribution in [0.3, 0.4) is 0 Å². The van der Waals surface area contributed by atoms with Gasteiger partial charge in [-0.15, -0.1) is 0 Å². The molecule has 3 rings (SSSR count). The molecule has 0 aromatic heterocycles. The minimum atomic E-state index is -3.78. The van der Waals surface area contributed by atoms with Crippen LogP contribution in [0.15, 0.2) is 29.2 Å². The fraction of sp³-hybridized carbons (Fsp3) is 0.550. The molecule has 170 valence electrons. The summed E-state index contributed by atoms with van der Waals surface area (Å²) in [5, 5.41) is 8.27. The van der Waals surface area contributed by atoms with Crippen molar-refractivity contribution in [1.82, 2.24) is 15.1 Å². The minimum Gasteiger partial charge on any atom is -0.368 e. The predicted octanol–water partition coefficient (Wildman–Crippen LogP) is -1.07. The summed E-state index contributed by atoms with van der Waals surface area (Å²) in [4.78, 5) is 39.9. The van der Waals surface area contributed by atoms with Gasteiger partial charge in [-0.05, 0) is 49.8 Å². The number of nitrogens with two attached hydrogens (primary N) is 2. The van der Waals surface area contributed by atoms with E-state index < -0.39 is 15.9 Å². The van der Waals surface area contributed by atoms with E-state index in [2.05, 4.69) is 5.32 Å². The highest BCUT2D eigenvalue weighted by Gasteiger charge is 2.35. The van der Waals surface area contributed by atoms with Crippen LogP contribution in [0.4, 0.5) is 0 Å². The molecule has 1 aromatic rings. The van der Waals surface area contributed by atoms with Gasteiger partial charge in [0.15, 0.2) is 0 Å². The lowest BCUT2D eigenvalue weighted by Gasteiger charge is -2.27. The molecule has 0 saturated heterocycles. The van der Waals surface area contributed by atoms with Crippen LogP contribution >= 0.6 is 0 Å². The van der Waals surface area contributed by atoms with Crippen molar-refractivity contribution in [3.8, 4) is 0 Å². The van der Waals surface area contributed by atoms with Crippen molar-refractivity contribution < 1.29 is 22.8 Å². The molecule has 0 heterocycles. The number of nitrogens with zero attached hydrogens (tertiary/aromatic N) is 2. The Morgan fingerprint density at radius 3 is 2.16 bits per heavy atom. The van der Waals surface area contributed by atoms with E-state index >= 15 is 0 Å². The van der Waals surface area contributed by atoms with Crippen LogP contribution in [-0.4, -0.2) is 74.2 Å². The van der Waals surface area contributed by atoms with Crippen molar-refractivity contribution in [2.24, 2.45) is 10.9 Å². The first kappa shape index (κ1) is 23.2. The lowest BCUT2D eigenvalue weighted by Crippen LogP contribution is -2.49. The number of sulfonamides is 1. The van der Waals surface area contributed by atoms with E-state index in [9.17, 15) is 22.8 Å². The van der Waals surface area contributed by atoms with Gasteiger partial charge in [-0.2, -0.15) is 0 Å². The highest BCUT2D eigenvalue weighted by Crippen LogP contribution is 2.27. The summed E-state index contributed by atoms with van der Waals surface area (Å²) in [6, 6.07) is 6.47. The number of rotatable bonds is 12. The molecule has 1 aromatic carbocycles. The molecule has 0 atom stereocenters. The van der Waals surface area contributed by atoms with Gasteiger partial charge in [-0.1, -0.05) is 12.1 Å². The van der Waals surface area contributed by atoms with E-state index in [1.807, 2.05) is 0 Å². The minimum absolute atomic E-state index is 0.000266. The Morgan fingerprint density at radius 1 is 1.00 bits per heavy atom. The maximum absolute atomic E-state index is 12.9. The molecule has 2 saturated carbocycles. The van der Waals surface area contributed by atoms with Crippen LogP contribution in [0.5, 0.6) is 0 Å². The molecule has 2 aliphatic rings. The average molecular weight is 452 g/mol. The van der Waals surface area contributed by atoms with Gasteiger partial charge in [0.2, 0.25) is 27.7 Å². The Kier molecular flexibility index (Phi) is 7.29. The van der Waals surface area contributed by atoms with Gasteiger partial charge >= 0.3 is 0 Å². The van der Waals surface area contributed by atoms with Gasteiger partial charge in [0.05, 0.1) is 18.0 Å². The maximum atomic E-state index is 12.9. The van der Waals surface area contributed by atoms with Crippen molar-refractivity contribution in [3.05, 3.63) is 29.8 Å². The topological polar surface area (TPSA) is 156 Å². The van der Waals surface area contributed by atoms with Crippen molar-refractivity contribution in [2.75, 3.05) is 26.2 Å². The van der Waals surface area contributed by atoms with Crippen LogP contribution in [0.25, 0.3) is 0 Å². The van der Waals surface area contributed by atoms with Crippen molar-refractivity contribution >= 4 is 27.7 Å². The Hall–Kier alpha value is -2.50. The summed E-state index contributed by atoms with van der Waals surface area (Å²) in [7, 11) is -3.78. The van der Waals surface area contributed by atoms with Gasteiger partial charge in [0.1, 0.15) is 6.54 Å². The normalized spacial score (nSPS) is 16.0. The molecule has 2 aliphatic carbocycles. The lowest BCUT2D eigenvalue weighted by atomic mass is 10.1. The molecule has 3 amide bonds. The average Bonchev–Trinajstić information content (AvgIpc) is 3.60. The van der Waals surface area contributed by atoms with Gasteiger partial charge in [0, 0.05) is 18.6 Å². The quantitative estimate of drug-likeness (QED) is 0.367. The monoisotopic (exact) mass is 451 g/mol. The highest BCUT2D eigenvalue weighted by atomic mass is 32.2. The summed E-state index contributed by atoms with van der Waals surface area (Å²) >= 11 is 0. The molecule has 5 N–H and O–H groups in total. The van der Waals surface area contributed by atoms with E-state index in [-0.39, 0.29) is 48.9 Å². The van der Waals surface area contributed by atoms with E-state index in [0.29, 0.717) is 12.5 Å². The number of primary amides is 1. The summed E-state index contributed by atoms with van der Waals surface area (Å²) in [6.45, 7) is 0.0821. The second-order valence-electron chi connectivity index (χ2n) is 8.13.